The van der Waals surface area contributed by atoms with Crippen LogP contribution in [0.4, 0.5) is 0 Å². The molecule has 0 aliphatic heterocycles. The molecule has 4 nitrogen and oxygen atoms in total. The molecule has 69 heavy (non-hydrogen) atoms. The van der Waals surface area contributed by atoms with Crippen LogP contribution in [0.5, 0.6) is 0 Å². The van der Waals surface area contributed by atoms with Gasteiger partial charge in [0.15, 0.2) is 0 Å². The number of amides is 1. The van der Waals surface area contributed by atoms with E-state index in [4.69, 9.17) is 0 Å². The second-order valence-corrected chi connectivity index (χ2v) is 20.7. The molecule has 0 fully saturated rings. The Morgan fingerprint density at radius 2 is 0.652 bits per heavy atom. The van der Waals surface area contributed by atoms with Gasteiger partial charge in [0.2, 0.25) is 5.91 Å². The standard InChI is InChI=1S/C65H119NO3/c1-3-5-7-9-11-13-15-17-19-21-22-23-24-25-26-27-28-29-30-31-32-33-34-35-36-37-38-39-40-41-42-43-44-45-47-49-51-53-55-57-59-61-65(69)66-63(62-67)64(68)60-58-56-54-52-50-48-46-20-18-16-14-12-10-8-6-4-2/h5,7,11,13,17,19,22-23,50,52,58,60,63-64,67-68H,3-4,6,8-10,12,14-16,18,20-21,24-49,51,53-57,59,61-62H2,1-2H3,(H,66,69)/b7-5-,13-11-,19-17-,23-22-,52-50+,60-58+. The zero-order valence-corrected chi connectivity index (χ0v) is 46.3. The number of carbonyl (C=O) groups is 1. The molecule has 0 radical (unpaired) electrons. The summed E-state index contributed by atoms with van der Waals surface area (Å²) in [6.45, 7) is 4.20. The van der Waals surface area contributed by atoms with Crippen molar-refractivity contribution in [3.8, 4) is 0 Å². The van der Waals surface area contributed by atoms with Crippen LogP contribution in [0.25, 0.3) is 0 Å². The van der Waals surface area contributed by atoms with Gasteiger partial charge in [0.25, 0.3) is 0 Å². The summed E-state index contributed by atoms with van der Waals surface area (Å²) < 4.78 is 0. The maximum Gasteiger partial charge on any atom is 0.220 e. The highest BCUT2D eigenvalue weighted by Gasteiger charge is 2.18. The average molecular weight is 963 g/mol. The van der Waals surface area contributed by atoms with Crippen LogP contribution in [0, 0.1) is 0 Å². The molecule has 0 rings (SSSR count). The number of carbonyl (C=O) groups excluding carboxylic acids is 1. The van der Waals surface area contributed by atoms with Gasteiger partial charge in [0, 0.05) is 6.42 Å². The van der Waals surface area contributed by atoms with Crippen LogP contribution >= 0.6 is 0 Å². The van der Waals surface area contributed by atoms with Crippen molar-refractivity contribution in [2.24, 2.45) is 0 Å². The minimum atomic E-state index is -0.862. The fourth-order valence-electron chi connectivity index (χ4n) is 9.31. The average Bonchev–Trinajstić information content (AvgIpc) is 3.35. The van der Waals surface area contributed by atoms with Crippen molar-refractivity contribution in [3.63, 3.8) is 0 Å². The van der Waals surface area contributed by atoms with Crippen molar-refractivity contribution >= 4 is 5.91 Å². The topological polar surface area (TPSA) is 69.6 Å². The van der Waals surface area contributed by atoms with E-state index >= 15 is 0 Å². The third-order valence-electron chi connectivity index (χ3n) is 13.9. The molecule has 0 heterocycles. The first-order chi connectivity index (χ1) is 34.2. The highest BCUT2D eigenvalue weighted by molar-refractivity contribution is 5.76. The van der Waals surface area contributed by atoms with Crippen molar-refractivity contribution in [1.29, 1.82) is 0 Å². The number of hydrogen-bond acceptors (Lipinski definition) is 3. The summed E-state index contributed by atoms with van der Waals surface area (Å²) >= 11 is 0. The van der Waals surface area contributed by atoms with E-state index in [1.54, 1.807) is 6.08 Å². The fraction of sp³-hybridized carbons (Fsp3) is 0.800. The highest BCUT2D eigenvalue weighted by Crippen LogP contribution is 2.17. The molecule has 402 valence electrons. The lowest BCUT2D eigenvalue weighted by molar-refractivity contribution is -0.123. The van der Waals surface area contributed by atoms with Crippen molar-refractivity contribution in [3.05, 3.63) is 72.9 Å². The SMILES string of the molecule is CC/C=C\C/C=C\C/C=C\C/C=C\CCCCCCCCCCCCCCCCCCCCCCCCCCCCCCC(=O)NC(CO)C(O)/C=C/CC/C=C/CCCCCCCCCCCC. The van der Waals surface area contributed by atoms with Gasteiger partial charge in [-0.25, -0.2) is 0 Å². The van der Waals surface area contributed by atoms with Crippen molar-refractivity contribution in [1.82, 2.24) is 5.32 Å². The molecule has 4 heteroatoms. The van der Waals surface area contributed by atoms with Crippen molar-refractivity contribution in [2.75, 3.05) is 6.61 Å². The molecule has 0 saturated carbocycles. The third kappa shape index (κ3) is 56.6. The molecule has 0 spiro atoms. The van der Waals surface area contributed by atoms with E-state index in [-0.39, 0.29) is 12.5 Å². The third-order valence-corrected chi connectivity index (χ3v) is 13.9. The van der Waals surface area contributed by atoms with E-state index in [9.17, 15) is 15.0 Å². The molecular formula is C65H119NO3. The molecule has 2 unspecified atom stereocenters. The molecular weight excluding hydrogens is 843 g/mol. The normalized spacial score (nSPS) is 13.3. The van der Waals surface area contributed by atoms with Crippen LogP contribution < -0.4 is 5.32 Å². The van der Waals surface area contributed by atoms with Crippen LogP contribution in [0.1, 0.15) is 316 Å². The minimum absolute atomic E-state index is 0.0695. The number of unbranched alkanes of at least 4 members (excludes halogenated alkanes) is 39. The molecule has 0 bridgehead atoms. The maximum atomic E-state index is 12.5. The number of nitrogens with one attached hydrogen (secondary N) is 1. The Bertz CT molecular complexity index is 1180. The van der Waals surface area contributed by atoms with E-state index in [0.29, 0.717) is 6.42 Å². The second kappa shape index (κ2) is 60.1. The Kier molecular flexibility index (Phi) is 58.2. The number of aliphatic hydroxyl groups is 2. The van der Waals surface area contributed by atoms with E-state index in [1.807, 2.05) is 6.08 Å². The Morgan fingerprint density at radius 3 is 1.01 bits per heavy atom. The summed E-state index contributed by atoms with van der Waals surface area (Å²) in [6.07, 6.45) is 86.8. The van der Waals surface area contributed by atoms with Gasteiger partial charge in [0.1, 0.15) is 0 Å². The van der Waals surface area contributed by atoms with Crippen molar-refractivity contribution < 1.29 is 15.0 Å². The van der Waals surface area contributed by atoms with Gasteiger partial charge < -0.3 is 15.5 Å². The molecule has 2 atom stereocenters. The predicted octanol–water partition coefficient (Wildman–Crippen LogP) is 20.5. The van der Waals surface area contributed by atoms with E-state index < -0.39 is 12.1 Å². The lowest BCUT2D eigenvalue weighted by atomic mass is 10.0. The van der Waals surface area contributed by atoms with Gasteiger partial charge in [-0.2, -0.15) is 0 Å². The number of hydrogen-bond donors (Lipinski definition) is 3. The number of allylic oxidation sites excluding steroid dienone is 11. The van der Waals surface area contributed by atoms with Gasteiger partial charge in [-0.15, -0.1) is 0 Å². The van der Waals surface area contributed by atoms with Crippen LogP contribution in [-0.4, -0.2) is 34.9 Å². The molecule has 0 aromatic heterocycles. The first-order valence-corrected chi connectivity index (χ1v) is 30.7. The largest absolute Gasteiger partial charge is 0.394 e. The smallest absolute Gasteiger partial charge is 0.220 e. The van der Waals surface area contributed by atoms with Crippen molar-refractivity contribution in [2.45, 2.75) is 328 Å². The van der Waals surface area contributed by atoms with Gasteiger partial charge in [0.05, 0.1) is 18.8 Å². The Balaban J connectivity index is 3.41. The summed E-state index contributed by atoms with van der Waals surface area (Å²) in [5, 5.41) is 23.1. The van der Waals surface area contributed by atoms with Crippen LogP contribution in [0.3, 0.4) is 0 Å². The molecule has 3 N–H and O–H groups in total. The van der Waals surface area contributed by atoms with Crippen LogP contribution in [0.2, 0.25) is 0 Å². The first kappa shape index (κ1) is 66.8. The number of aliphatic hydroxyl groups excluding tert-OH is 2. The summed E-state index contributed by atoms with van der Waals surface area (Å²) in [5.41, 5.74) is 0. The summed E-state index contributed by atoms with van der Waals surface area (Å²) in [5.74, 6) is -0.0695. The highest BCUT2D eigenvalue weighted by atomic mass is 16.3. The molecule has 0 aromatic carbocycles. The monoisotopic (exact) mass is 962 g/mol. The predicted molar refractivity (Wildman–Crippen MR) is 308 cm³/mol. The summed E-state index contributed by atoms with van der Waals surface area (Å²) in [6, 6.07) is -0.639. The lowest BCUT2D eigenvalue weighted by Crippen LogP contribution is -2.45. The first-order valence-electron chi connectivity index (χ1n) is 30.7. The van der Waals surface area contributed by atoms with E-state index in [1.165, 1.54) is 238 Å². The Labute approximate surface area is 431 Å². The number of rotatable bonds is 56. The molecule has 0 aromatic rings. The zero-order valence-electron chi connectivity index (χ0n) is 46.3. The lowest BCUT2D eigenvalue weighted by Gasteiger charge is -2.19. The molecule has 1 amide bonds. The van der Waals surface area contributed by atoms with E-state index in [0.717, 1.165) is 57.8 Å². The Morgan fingerprint density at radius 1 is 0.362 bits per heavy atom. The second-order valence-electron chi connectivity index (χ2n) is 20.7. The maximum absolute atomic E-state index is 12.5. The van der Waals surface area contributed by atoms with E-state index in [2.05, 4.69) is 79.9 Å². The van der Waals surface area contributed by atoms with Gasteiger partial charge in [-0.3, -0.25) is 4.79 Å². The van der Waals surface area contributed by atoms with Crippen LogP contribution in [-0.2, 0) is 4.79 Å². The minimum Gasteiger partial charge on any atom is -0.394 e. The fourth-order valence-corrected chi connectivity index (χ4v) is 9.31. The molecule has 0 aliphatic rings. The molecule has 0 aliphatic carbocycles. The molecule has 0 saturated heterocycles. The van der Waals surface area contributed by atoms with Gasteiger partial charge in [-0.1, -0.05) is 311 Å². The summed E-state index contributed by atoms with van der Waals surface area (Å²) in [7, 11) is 0. The Hall–Kier alpha value is -2.17. The summed E-state index contributed by atoms with van der Waals surface area (Å²) in [4.78, 5) is 12.5. The van der Waals surface area contributed by atoms with Crippen LogP contribution in [0.15, 0.2) is 72.9 Å². The zero-order chi connectivity index (χ0) is 49.9. The van der Waals surface area contributed by atoms with Gasteiger partial charge in [-0.05, 0) is 70.6 Å². The quantitative estimate of drug-likeness (QED) is 0.0420. The van der Waals surface area contributed by atoms with Gasteiger partial charge >= 0.3 is 0 Å².